The van der Waals surface area contributed by atoms with Crippen LogP contribution >= 0.6 is 0 Å². The maximum absolute atomic E-state index is 12.6. The van der Waals surface area contributed by atoms with Gasteiger partial charge in [-0.3, -0.25) is 14.9 Å². The SMILES string of the molecule is O=C(Nc1nc2ccccc2[nH]1)c1ccc2cc3n(c2n1)CCCNC3=O. The number of anilines is 1. The summed E-state index contributed by atoms with van der Waals surface area (Å²) in [6.45, 7) is 1.31. The Morgan fingerprint density at radius 3 is 2.93 bits per heavy atom. The van der Waals surface area contributed by atoms with E-state index < -0.39 is 0 Å². The van der Waals surface area contributed by atoms with Crippen LogP contribution in [0.4, 0.5) is 5.95 Å². The van der Waals surface area contributed by atoms with E-state index in [1.807, 2.05) is 41.0 Å². The predicted octanol–water partition coefficient (Wildman–Crippen LogP) is 2.30. The summed E-state index contributed by atoms with van der Waals surface area (Å²) in [6.07, 6.45) is 0.819. The first-order valence-corrected chi connectivity index (χ1v) is 8.74. The molecule has 0 saturated heterocycles. The fraction of sp³-hybridized carbons (Fsp3) is 0.158. The van der Waals surface area contributed by atoms with Crippen molar-refractivity contribution in [3.63, 3.8) is 0 Å². The smallest absolute Gasteiger partial charge is 0.276 e. The molecule has 0 spiro atoms. The molecule has 8 nitrogen and oxygen atoms in total. The van der Waals surface area contributed by atoms with Crippen LogP contribution in [-0.4, -0.2) is 37.9 Å². The van der Waals surface area contributed by atoms with Gasteiger partial charge in [-0.05, 0) is 36.8 Å². The Balaban J connectivity index is 1.49. The number of carbonyl (C=O) groups is 2. The summed E-state index contributed by atoms with van der Waals surface area (Å²) in [6, 6.07) is 12.8. The van der Waals surface area contributed by atoms with Crippen LogP contribution in [0.1, 0.15) is 27.4 Å². The van der Waals surface area contributed by atoms with Crippen molar-refractivity contribution in [3.05, 3.63) is 53.9 Å². The number of nitrogens with one attached hydrogen (secondary N) is 3. The van der Waals surface area contributed by atoms with Crippen molar-refractivity contribution in [2.45, 2.75) is 13.0 Å². The monoisotopic (exact) mass is 360 g/mol. The van der Waals surface area contributed by atoms with Crippen molar-refractivity contribution in [1.29, 1.82) is 0 Å². The average molecular weight is 360 g/mol. The summed E-state index contributed by atoms with van der Waals surface area (Å²) in [5.74, 6) is -0.0974. The van der Waals surface area contributed by atoms with Crippen LogP contribution in [-0.2, 0) is 6.54 Å². The van der Waals surface area contributed by atoms with Crippen LogP contribution in [0.25, 0.3) is 22.1 Å². The normalized spacial score (nSPS) is 14.0. The number of hydrogen-bond donors (Lipinski definition) is 3. The Bertz CT molecular complexity index is 1170. The van der Waals surface area contributed by atoms with Crippen molar-refractivity contribution < 1.29 is 9.59 Å². The number of para-hydroxylation sites is 2. The van der Waals surface area contributed by atoms with Crippen LogP contribution in [0.5, 0.6) is 0 Å². The molecular formula is C19H16N6O2. The first-order valence-electron chi connectivity index (χ1n) is 8.74. The zero-order valence-corrected chi connectivity index (χ0v) is 14.3. The summed E-state index contributed by atoms with van der Waals surface area (Å²) in [7, 11) is 0. The van der Waals surface area contributed by atoms with Gasteiger partial charge in [-0.2, -0.15) is 0 Å². The van der Waals surface area contributed by atoms with Gasteiger partial charge in [0.2, 0.25) is 5.95 Å². The number of benzene rings is 1. The highest BCUT2D eigenvalue weighted by Gasteiger charge is 2.20. The van der Waals surface area contributed by atoms with E-state index in [1.165, 1.54) is 0 Å². The number of hydrogen-bond acceptors (Lipinski definition) is 4. The number of aryl methyl sites for hydroxylation is 1. The van der Waals surface area contributed by atoms with Crippen molar-refractivity contribution in [2.75, 3.05) is 11.9 Å². The van der Waals surface area contributed by atoms with Gasteiger partial charge >= 0.3 is 0 Å². The van der Waals surface area contributed by atoms with Crippen LogP contribution in [0, 0.1) is 0 Å². The molecule has 0 fully saturated rings. The fourth-order valence-corrected chi connectivity index (χ4v) is 3.38. The van der Waals surface area contributed by atoms with Crippen LogP contribution in [0.3, 0.4) is 0 Å². The van der Waals surface area contributed by atoms with Crippen LogP contribution in [0.15, 0.2) is 42.5 Å². The predicted molar refractivity (Wildman–Crippen MR) is 101 cm³/mol. The number of aromatic amines is 1. The van der Waals surface area contributed by atoms with E-state index in [4.69, 9.17) is 0 Å². The van der Waals surface area contributed by atoms with Gasteiger partial charge in [0.1, 0.15) is 17.0 Å². The summed E-state index contributed by atoms with van der Waals surface area (Å²) in [4.78, 5) is 36.7. The lowest BCUT2D eigenvalue weighted by atomic mass is 10.2. The largest absolute Gasteiger partial charge is 0.351 e. The Labute approximate surface area is 153 Å². The van der Waals surface area contributed by atoms with Crippen LogP contribution < -0.4 is 10.6 Å². The minimum atomic E-state index is -0.357. The Morgan fingerprint density at radius 2 is 2.04 bits per heavy atom. The van der Waals surface area contributed by atoms with Crippen molar-refractivity contribution in [1.82, 2.24) is 24.8 Å². The van der Waals surface area contributed by atoms with Crippen molar-refractivity contribution in [2.24, 2.45) is 0 Å². The first-order chi connectivity index (χ1) is 13.2. The molecule has 0 bridgehead atoms. The number of pyridine rings is 1. The van der Waals surface area contributed by atoms with Gasteiger partial charge in [-0.1, -0.05) is 12.1 Å². The van der Waals surface area contributed by atoms with E-state index in [0.717, 1.165) is 22.8 Å². The lowest BCUT2D eigenvalue weighted by Gasteiger charge is -2.05. The van der Waals surface area contributed by atoms with Gasteiger partial charge in [0, 0.05) is 18.5 Å². The van der Waals surface area contributed by atoms with E-state index in [0.29, 0.717) is 30.4 Å². The number of nitrogens with zero attached hydrogens (tertiary/aromatic N) is 3. The van der Waals surface area contributed by atoms with Gasteiger partial charge in [-0.25, -0.2) is 9.97 Å². The molecule has 1 aliphatic rings. The zero-order chi connectivity index (χ0) is 18.4. The molecule has 134 valence electrons. The number of amides is 2. The second kappa shape index (κ2) is 5.94. The lowest BCUT2D eigenvalue weighted by Crippen LogP contribution is -2.22. The summed E-state index contributed by atoms with van der Waals surface area (Å²) in [5, 5.41) is 6.45. The summed E-state index contributed by atoms with van der Waals surface area (Å²) >= 11 is 0. The molecule has 27 heavy (non-hydrogen) atoms. The molecule has 0 saturated carbocycles. The third-order valence-corrected chi connectivity index (χ3v) is 4.67. The van der Waals surface area contributed by atoms with Crippen LogP contribution in [0.2, 0.25) is 0 Å². The molecule has 0 atom stereocenters. The molecule has 1 aliphatic heterocycles. The molecule has 5 rings (SSSR count). The molecule has 3 aromatic heterocycles. The van der Waals surface area contributed by atoms with E-state index in [1.54, 1.807) is 6.07 Å². The minimum absolute atomic E-state index is 0.112. The molecule has 0 radical (unpaired) electrons. The molecule has 4 heterocycles. The maximum Gasteiger partial charge on any atom is 0.276 e. The second-order valence-electron chi connectivity index (χ2n) is 6.46. The van der Waals surface area contributed by atoms with Crippen molar-refractivity contribution in [3.8, 4) is 0 Å². The van der Waals surface area contributed by atoms with Gasteiger partial charge in [0.05, 0.1) is 11.0 Å². The Kier molecular flexibility index (Phi) is 3.43. The third kappa shape index (κ3) is 2.62. The number of H-pyrrole nitrogens is 1. The highest BCUT2D eigenvalue weighted by molar-refractivity contribution is 6.04. The second-order valence-corrected chi connectivity index (χ2v) is 6.46. The van der Waals surface area contributed by atoms with E-state index in [-0.39, 0.29) is 17.5 Å². The number of aromatic nitrogens is 4. The standard InChI is InChI=1S/C19H16N6O2/c26-17(24-19-22-12-4-1-2-5-13(12)23-19)14-7-6-11-10-15-18(27)20-8-3-9-25(15)16(11)21-14/h1-2,4-7,10H,3,8-9H2,(H,20,27)(H2,22,23,24,26). The van der Waals surface area contributed by atoms with Gasteiger partial charge in [0.25, 0.3) is 11.8 Å². The third-order valence-electron chi connectivity index (χ3n) is 4.67. The average Bonchev–Trinajstić information content (AvgIpc) is 3.19. The minimum Gasteiger partial charge on any atom is -0.351 e. The number of fused-ring (bicyclic) bond motifs is 4. The molecule has 0 unspecified atom stereocenters. The topological polar surface area (TPSA) is 105 Å². The van der Waals surface area contributed by atoms with Crippen molar-refractivity contribution >= 4 is 39.8 Å². The van der Waals surface area contributed by atoms with Gasteiger partial charge in [-0.15, -0.1) is 0 Å². The van der Waals surface area contributed by atoms with E-state index in [9.17, 15) is 9.59 Å². The molecule has 2 amide bonds. The Hall–Kier alpha value is -3.68. The number of rotatable bonds is 2. The molecular weight excluding hydrogens is 344 g/mol. The number of imidazole rings is 1. The summed E-state index contributed by atoms with van der Waals surface area (Å²) < 4.78 is 1.87. The highest BCUT2D eigenvalue weighted by atomic mass is 16.2. The Morgan fingerprint density at radius 1 is 1.15 bits per heavy atom. The molecule has 3 N–H and O–H groups in total. The molecule has 0 aliphatic carbocycles. The highest BCUT2D eigenvalue weighted by Crippen LogP contribution is 2.21. The quantitative estimate of drug-likeness (QED) is 0.510. The zero-order valence-electron chi connectivity index (χ0n) is 14.3. The van der Waals surface area contributed by atoms with Gasteiger partial charge in [0.15, 0.2) is 0 Å². The van der Waals surface area contributed by atoms with Gasteiger partial charge < -0.3 is 14.9 Å². The number of carbonyl (C=O) groups excluding carboxylic acids is 2. The summed E-state index contributed by atoms with van der Waals surface area (Å²) in [5.41, 5.74) is 3.11. The van der Waals surface area contributed by atoms with E-state index in [2.05, 4.69) is 25.6 Å². The fourth-order valence-electron chi connectivity index (χ4n) is 3.38. The molecule has 8 heteroatoms. The molecule has 4 aromatic rings. The van der Waals surface area contributed by atoms with E-state index >= 15 is 0 Å². The maximum atomic E-state index is 12.6. The molecule has 1 aromatic carbocycles. The first kappa shape index (κ1) is 15.6. The lowest BCUT2D eigenvalue weighted by molar-refractivity contribution is 0.0950.